The first-order chi connectivity index (χ1) is 14.4. The lowest BCUT2D eigenvalue weighted by molar-refractivity contribution is 0.0920. The normalized spacial score (nSPS) is 38.0. The first kappa shape index (κ1) is 24.6. The summed E-state index contributed by atoms with van der Waals surface area (Å²) in [6.07, 6.45) is 15.9. The van der Waals surface area contributed by atoms with Crippen molar-refractivity contribution in [2.75, 3.05) is 0 Å². The molecule has 1 heteroatoms. The molecule has 3 fully saturated rings. The summed E-state index contributed by atoms with van der Waals surface area (Å²) < 4.78 is 0. The molecule has 3 rings (SSSR count). The van der Waals surface area contributed by atoms with Crippen molar-refractivity contribution >= 4 is 0 Å². The van der Waals surface area contributed by atoms with Crippen LogP contribution in [-0.4, -0.2) is 11.2 Å². The van der Waals surface area contributed by atoms with Crippen molar-refractivity contribution in [1.29, 1.82) is 0 Å². The molecule has 0 aromatic rings. The van der Waals surface area contributed by atoms with Crippen LogP contribution in [-0.2, 0) is 0 Å². The highest BCUT2D eigenvalue weighted by Crippen LogP contribution is 2.60. The van der Waals surface area contributed by atoms with E-state index in [1.165, 1.54) is 56.9 Å². The Balaban J connectivity index is 1.72. The SMILES string of the molecule is C=C1/C(=C\C=C2/CCC[C@]3(C)[C@@H]([C@@H](C)CCCC(C)(C)C)CC[C@@H]23)C[C@@H](C)C(=C)[C@@H]1O. The molecule has 0 amide bonds. The minimum atomic E-state index is -0.574. The van der Waals surface area contributed by atoms with Crippen LogP contribution in [0.2, 0.25) is 0 Å². The summed E-state index contributed by atoms with van der Waals surface area (Å²) >= 11 is 0. The molecule has 0 heterocycles. The Hall–Kier alpha value is -1.08. The van der Waals surface area contributed by atoms with E-state index in [0.717, 1.165) is 35.3 Å². The molecule has 3 saturated carbocycles. The zero-order valence-corrected chi connectivity index (χ0v) is 21.3. The molecule has 31 heavy (non-hydrogen) atoms. The van der Waals surface area contributed by atoms with Gasteiger partial charge in [-0.1, -0.05) is 85.3 Å². The molecule has 0 unspecified atom stereocenters. The zero-order chi connectivity index (χ0) is 23.0. The van der Waals surface area contributed by atoms with Crippen LogP contribution in [0.3, 0.4) is 0 Å². The smallest absolute Gasteiger partial charge is 0.0998 e. The van der Waals surface area contributed by atoms with Crippen molar-refractivity contribution < 1.29 is 5.11 Å². The highest BCUT2D eigenvalue weighted by atomic mass is 16.3. The van der Waals surface area contributed by atoms with Gasteiger partial charge in [0.25, 0.3) is 0 Å². The van der Waals surface area contributed by atoms with Crippen LogP contribution in [0, 0.1) is 34.5 Å². The lowest BCUT2D eigenvalue weighted by atomic mass is 9.60. The molecular weight excluding hydrogens is 376 g/mol. The number of fused-ring (bicyclic) bond motifs is 1. The Morgan fingerprint density at radius 2 is 1.90 bits per heavy atom. The van der Waals surface area contributed by atoms with Gasteiger partial charge >= 0.3 is 0 Å². The van der Waals surface area contributed by atoms with E-state index in [1.54, 1.807) is 5.57 Å². The van der Waals surface area contributed by atoms with Gasteiger partial charge in [-0.3, -0.25) is 0 Å². The first-order valence-electron chi connectivity index (χ1n) is 12.9. The quantitative estimate of drug-likeness (QED) is 0.439. The number of hydrogen-bond donors (Lipinski definition) is 1. The second-order valence-electron chi connectivity index (χ2n) is 12.6. The molecule has 0 bridgehead atoms. The molecule has 174 valence electrons. The first-order valence-corrected chi connectivity index (χ1v) is 12.9. The van der Waals surface area contributed by atoms with Crippen LogP contribution >= 0.6 is 0 Å². The van der Waals surface area contributed by atoms with Gasteiger partial charge in [0.05, 0.1) is 6.10 Å². The topological polar surface area (TPSA) is 20.2 Å². The lowest BCUT2D eigenvalue weighted by Gasteiger charge is -2.44. The van der Waals surface area contributed by atoms with Crippen LogP contribution < -0.4 is 0 Å². The predicted octanol–water partition coefficient (Wildman–Crippen LogP) is 8.42. The molecule has 0 aliphatic heterocycles. The van der Waals surface area contributed by atoms with Crippen molar-refractivity contribution in [1.82, 2.24) is 0 Å². The van der Waals surface area contributed by atoms with E-state index in [0.29, 0.717) is 16.7 Å². The molecule has 0 saturated heterocycles. The molecule has 3 aliphatic carbocycles. The maximum Gasteiger partial charge on any atom is 0.0998 e. The predicted molar refractivity (Wildman–Crippen MR) is 135 cm³/mol. The molecule has 6 atom stereocenters. The number of aliphatic hydroxyl groups is 1. The largest absolute Gasteiger partial charge is 0.384 e. The van der Waals surface area contributed by atoms with E-state index >= 15 is 0 Å². The number of hydrogen-bond acceptors (Lipinski definition) is 1. The van der Waals surface area contributed by atoms with Crippen molar-refractivity contribution in [3.8, 4) is 0 Å². The zero-order valence-electron chi connectivity index (χ0n) is 21.3. The molecule has 0 aromatic carbocycles. The van der Waals surface area contributed by atoms with Crippen molar-refractivity contribution in [3.63, 3.8) is 0 Å². The molecule has 0 aromatic heterocycles. The van der Waals surface area contributed by atoms with E-state index in [2.05, 4.69) is 66.9 Å². The van der Waals surface area contributed by atoms with Crippen molar-refractivity contribution in [2.45, 2.75) is 105 Å². The van der Waals surface area contributed by atoms with Crippen LogP contribution in [0.1, 0.15) is 99.3 Å². The van der Waals surface area contributed by atoms with E-state index in [1.807, 2.05) is 0 Å². The highest BCUT2D eigenvalue weighted by Gasteiger charge is 2.50. The fourth-order valence-corrected chi connectivity index (χ4v) is 7.01. The van der Waals surface area contributed by atoms with Crippen molar-refractivity contribution in [2.24, 2.45) is 34.5 Å². The average Bonchev–Trinajstić information content (AvgIpc) is 3.04. The van der Waals surface area contributed by atoms with E-state index < -0.39 is 6.10 Å². The van der Waals surface area contributed by atoms with Gasteiger partial charge in [0.1, 0.15) is 0 Å². The Labute approximate surface area is 192 Å². The Kier molecular flexibility index (Phi) is 7.46. The monoisotopic (exact) mass is 424 g/mol. The van der Waals surface area contributed by atoms with Crippen LogP contribution in [0.4, 0.5) is 0 Å². The van der Waals surface area contributed by atoms with E-state index in [4.69, 9.17) is 0 Å². The summed E-state index contributed by atoms with van der Waals surface area (Å²) in [7, 11) is 0. The fraction of sp³-hybridized carbons (Fsp3) is 0.733. The van der Waals surface area contributed by atoms with Gasteiger partial charge in [0, 0.05) is 0 Å². The van der Waals surface area contributed by atoms with Crippen LogP contribution in [0.25, 0.3) is 0 Å². The lowest BCUT2D eigenvalue weighted by Crippen LogP contribution is -2.36. The Bertz CT molecular complexity index is 745. The molecule has 0 radical (unpaired) electrons. The van der Waals surface area contributed by atoms with Gasteiger partial charge in [0.15, 0.2) is 0 Å². The standard InChI is InChI=1S/C30H48O/c1-20(11-9-17-29(5,6)7)26-15-16-27-24(12-10-18-30(26,27)8)13-14-25-19-21(2)22(3)28(31)23(25)4/h13-14,20-21,26-28,31H,3-4,9-12,15-19H2,1-2,5-8H3/b24-13+,25-14-/t20-,21+,26+,27-,28-,30+/m0/s1. The second kappa shape index (κ2) is 9.42. The third-order valence-corrected chi connectivity index (χ3v) is 9.06. The van der Waals surface area contributed by atoms with Gasteiger partial charge in [-0.05, 0) is 96.2 Å². The molecule has 3 aliphatic rings. The van der Waals surface area contributed by atoms with Crippen LogP contribution in [0.5, 0.6) is 0 Å². The summed E-state index contributed by atoms with van der Waals surface area (Å²) in [5.74, 6) is 2.76. The fourth-order valence-electron chi connectivity index (χ4n) is 7.01. The second-order valence-corrected chi connectivity index (χ2v) is 12.6. The molecule has 1 nitrogen and oxygen atoms in total. The molecule has 1 N–H and O–H groups in total. The minimum Gasteiger partial charge on any atom is -0.384 e. The van der Waals surface area contributed by atoms with E-state index in [9.17, 15) is 5.11 Å². The highest BCUT2D eigenvalue weighted by molar-refractivity contribution is 5.44. The maximum absolute atomic E-state index is 10.5. The maximum atomic E-state index is 10.5. The summed E-state index contributed by atoms with van der Waals surface area (Å²) in [6, 6.07) is 0. The number of rotatable bonds is 5. The summed E-state index contributed by atoms with van der Waals surface area (Å²) in [5.41, 5.74) is 5.57. The Morgan fingerprint density at radius 3 is 2.58 bits per heavy atom. The third-order valence-electron chi connectivity index (χ3n) is 9.06. The summed E-state index contributed by atoms with van der Waals surface area (Å²) in [6.45, 7) is 22.7. The third kappa shape index (κ3) is 5.29. The van der Waals surface area contributed by atoms with Gasteiger partial charge in [0.2, 0.25) is 0 Å². The van der Waals surface area contributed by atoms with Gasteiger partial charge in [-0.15, -0.1) is 0 Å². The number of aliphatic hydroxyl groups excluding tert-OH is 1. The van der Waals surface area contributed by atoms with Crippen molar-refractivity contribution in [3.05, 3.63) is 47.6 Å². The minimum absolute atomic E-state index is 0.326. The van der Waals surface area contributed by atoms with Gasteiger partial charge in [-0.2, -0.15) is 0 Å². The van der Waals surface area contributed by atoms with Crippen LogP contribution in [0.15, 0.2) is 47.6 Å². The van der Waals surface area contributed by atoms with Gasteiger partial charge in [-0.25, -0.2) is 0 Å². The Morgan fingerprint density at radius 1 is 1.19 bits per heavy atom. The number of allylic oxidation sites excluding steroid dienone is 3. The van der Waals surface area contributed by atoms with Gasteiger partial charge < -0.3 is 5.11 Å². The van der Waals surface area contributed by atoms with E-state index in [-0.39, 0.29) is 0 Å². The summed E-state index contributed by atoms with van der Waals surface area (Å²) in [4.78, 5) is 0. The average molecular weight is 425 g/mol. The summed E-state index contributed by atoms with van der Waals surface area (Å²) in [5, 5.41) is 10.5. The molecular formula is C30H48O. The molecule has 0 spiro atoms.